The van der Waals surface area contributed by atoms with Gasteiger partial charge in [0.2, 0.25) is 15.9 Å². The Morgan fingerprint density at radius 2 is 2.05 bits per heavy atom. The average Bonchev–Trinajstić information content (AvgIpc) is 2.35. The number of nitrogens with one attached hydrogen (secondary N) is 1. The quantitative estimate of drug-likeness (QED) is 0.630. The fourth-order valence-corrected chi connectivity index (χ4v) is 2.69. The van der Waals surface area contributed by atoms with Gasteiger partial charge in [-0.1, -0.05) is 12.1 Å². The second-order valence-corrected chi connectivity index (χ2v) is 5.72. The molecule has 0 spiro atoms. The maximum Gasteiger partial charge on any atom is 0.328 e. The molecule has 1 amide bonds. The molecule has 1 aromatic rings. The first-order valence-electron chi connectivity index (χ1n) is 5.52. The van der Waals surface area contributed by atoms with Gasteiger partial charge in [-0.15, -0.1) is 0 Å². The van der Waals surface area contributed by atoms with E-state index in [9.17, 15) is 18.0 Å². The van der Waals surface area contributed by atoms with Crippen molar-refractivity contribution in [2.45, 2.75) is 11.8 Å². The van der Waals surface area contributed by atoms with Crippen molar-refractivity contribution in [2.75, 3.05) is 6.54 Å². The number of hydrogen-bond acceptors (Lipinski definition) is 4. The summed E-state index contributed by atoms with van der Waals surface area (Å²) < 4.78 is 26.0. The van der Waals surface area contributed by atoms with E-state index >= 15 is 0 Å². The number of carboxylic acid groups (broad SMARTS) is 1. The van der Waals surface area contributed by atoms with E-state index in [4.69, 9.17) is 10.8 Å². The van der Waals surface area contributed by atoms with Crippen LogP contribution in [-0.2, 0) is 19.6 Å². The molecule has 0 aromatic heterocycles. The van der Waals surface area contributed by atoms with Crippen molar-refractivity contribution in [3.63, 3.8) is 0 Å². The second kappa shape index (κ2) is 6.31. The number of carboxylic acids is 1. The summed E-state index contributed by atoms with van der Waals surface area (Å²) in [6, 6.07) is 4.44. The van der Waals surface area contributed by atoms with Crippen molar-refractivity contribution in [1.82, 2.24) is 4.72 Å². The summed E-state index contributed by atoms with van der Waals surface area (Å²) >= 11 is 0. The van der Waals surface area contributed by atoms with Gasteiger partial charge in [0.1, 0.15) is 0 Å². The molecule has 0 saturated heterocycles. The number of sulfonamides is 1. The van der Waals surface area contributed by atoms with Crippen molar-refractivity contribution in [1.29, 1.82) is 0 Å². The minimum atomic E-state index is -3.88. The molecule has 1 aromatic carbocycles. The highest BCUT2D eigenvalue weighted by Gasteiger charge is 2.17. The first-order chi connectivity index (χ1) is 9.22. The Balaban J connectivity index is 3.13. The maximum absolute atomic E-state index is 12.0. The van der Waals surface area contributed by atoms with Crippen molar-refractivity contribution < 1.29 is 23.1 Å². The van der Waals surface area contributed by atoms with Gasteiger partial charge in [0, 0.05) is 6.08 Å². The van der Waals surface area contributed by atoms with Crippen LogP contribution in [0.2, 0.25) is 0 Å². The highest BCUT2D eigenvalue weighted by atomic mass is 32.2. The van der Waals surface area contributed by atoms with Gasteiger partial charge in [-0.3, -0.25) is 4.79 Å². The molecule has 0 aliphatic rings. The molecule has 0 atom stereocenters. The van der Waals surface area contributed by atoms with Crippen LogP contribution in [0.25, 0.3) is 6.08 Å². The minimum Gasteiger partial charge on any atom is -0.478 e. The fraction of sp³-hybridized carbons (Fsp3) is 0.167. The lowest BCUT2D eigenvalue weighted by atomic mass is 10.1. The summed E-state index contributed by atoms with van der Waals surface area (Å²) in [7, 11) is -3.88. The van der Waals surface area contributed by atoms with E-state index in [0.29, 0.717) is 11.1 Å². The summed E-state index contributed by atoms with van der Waals surface area (Å²) in [5, 5.41) is 8.54. The van der Waals surface area contributed by atoms with Gasteiger partial charge in [0.05, 0.1) is 11.4 Å². The molecule has 4 N–H and O–H groups in total. The molecule has 0 heterocycles. The van der Waals surface area contributed by atoms with Crippen LogP contribution in [0.15, 0.2) is 29.2 Å². The summed E-state index contributed by atoms with van der Waals surface area (Å²) in [4.78, 5) is 21.0. The molecule has 0 bridgehead atoms. The first kappa shape index (κ1) is 15.9. The Labute approximate surface area is 116 Å². The number of carbonyl (C=O) groups is 2. The van der Waals surface area contributed by atoms with E-state index in [-0.39, 0.29) is 4.90 Å². The normalized spacial score (nSPS) is 11.7. The molecule has 0 unspecified atom stereocenters. The van der Waals surface area contributed by atoms with Crippen molar-refractivity contribution in [3.8, 4) is 0 Å². The lowest BCUT2D eigenvalue weighted by molar-refractivity contribution is -0.131. The molecular weight excluding hydrogens is 284 g/mol. The fourth-order valence-electron chi connectivity index (χ4n) is 1.42. The number of nitrogens with two attached hydrogens (primary N) is 1. The highest BCUT2D eigenvalue weighted by Crippen LogP contribution is 2.17. The predicted molar refractivity (Wildman–Crippen MR) is 72.2 cm³/mol. The van der Waals surface area contributed by atoms with E-state index in [1.807, 2.05) is 0 Å². The Kier molecular flexibility index (Phi) is 5.00. The van der Waals surface area contributed by atoms with Crippen LogP contribution in [0.4, 0.5) is 0 Å². The van der Waals surface area contributed by atoms with Crippen LogP contribution >= 0.6 is 0 Å². The van der Waals surface area contributed by atoms with Gasteiger partial charge < -0.3 is 10.8 Å². The maximum atomic E-state index is 12.0. The summed E-state index contributed by atoms with van der Waals surface area (Å²) in [5.74, 6) is -1.94. The third kappa shape index (κ3) is 4.48. The molecule has 0 saturated carbocycles. The zero-order valence-electron chi connectivity index (χ0n) is 10.7. The number of hydrogen-bond donors (Lipinski definition) is 3. The largest absolute Gasteiger partial charge is 0.478 e. The molecule has 108 valence electrons. The van der Waals surface area contributed by atoms with Gasteiger partial charge in [0.25, 0.3) is 0 Å². The van der Waals surface area contributed by atoms with E-state index in [1.165, 1.54) is 12.1 Å². The monoisotopic (exact) mass is 298 g/mol. The standard InChI is InChI=1S/C12H14N2O5S/c1-8-2-3-9(4-5-12(16)17)6-10(8)20(18,19)14-7-11(13)15/h2-6,14H,7H2,1H3,(H2,13,15)(H,16,17). The SMILES string of the molecule is Cc1ccc(C=CC(=O)O)cc1S(=O)(=O)NCC(N)=O. The molecule has 7 nitrogen and oxygen atoms in total. The Bertz CT molecular complexity index is 664. The Morgan fingerprint density at radius 3 is 2.60 bits per heavy atom. The number of aryl methyl sites for hydroxylation is 1. The van der Waals surface area contributed by atoms with Crippen LogP contribution in [0, 0.1) is 6.92 Å². The van der Waals surface area contributed by atoms with Crippen LogP contribution in [0.3, 0.4) is 0 Å². The zero-order valence-corrected chi connectivity index (χ0v) is 11.5. The van der Waals surface area contributed by atoms with Gasteiger partial charge in [-0.05, 0) is 30.2 Å². The summed E-state index contributed by atoms with van der Waals surface area (Å²) in [5.41, 5.74) is 5.77. The third-order valence-electron chi connectivity index (χ3n) is 2.36. The second-order valence-electron chi connectivity index (χ2n) is 3.99. The third-order valence-corrected chi connectivity index (χ3v) is 3.90. The molecule has 0 aliphatic heterocycles. The number of amides is 1. The first-order valence-corrected chi connectivity index (χ1v) is 7.00. The molecule has 8 heteroatoms. The van der Waals surface area contributed by atoms with Gasteiger partial charge in [0.15, 0.2) is 0 Å². The zero-order chi connectivity index (χ0) is 15.3. The Morgan fingerprint density at radius 1 is 1.40 bits per heavy atom. The number of rotatable bonds is 6. The van der Waals surface area contributed by atoms with Crippen molar-refractivity contribution in [2.24, 2.45) is 5.73 Å². The van der Waals surface area contributed by atoms with Crippen molar-refractivity contribution in [3.05, 3.63) is 35.4 Å². The van der Waals surface area contributed by atoms with Gasteiger partial charge >= 0.3 is 5.97 Å². The highest BCUT2D eigenvalue weighted by molar-refractivity contribution is 7.89. The number of carbonyl (C=O) groups excluding carboxylic acids is 1. The summed E-state index contributed by atoms with van der Waals surface area (Å²) in [6.07, 6.45) is 2.17. The van der Waals surface area contributed by atoms with Gasteiger partial charge in [-0.25, -0.2) is 17.9 Å². The van der Waals surface area contributed by atoms with E-state index in [0.717, 1.165) is 6.08 Å². The van der Waals surface area contributed by atoms with E-state index < -0.39 is 28.4 Å². The topological polar surface area (TPSA) is 127 Å². The molecule has 0 aliphatic carbocycles. The van der Waals surface area contributed by atoms with E-state index in [2.05, 4.69) is 4.72 Å². The minimum absolute atomic E-state index is 0.0358. The molecule has 1 rings (SSSR count). The Hall–Kier alpha value is -2.19. The van der Waals surface area contributed by atoms with Crippen LogP contribution in [0.5, 0.6) is 0 Å². The van der Waals surface area contributed by atoms with Crippen LogP contribution < -0.4 is 10.5 Å². The molecule has 0 radical (unpaired) electrons. The van der Waals surface area contributed by atoms with Crippen LogP contribution in [-0.4, -0.2) is 31.9 Å². The molecule has 0 fully saturated rings. The average molecular weight is 298 g/mol. The summed E-state index contributed by atoms with van der Waals surface area (Å²) in [6.45, 7) is 1.08. The van der Waals surface area contributed by atoms with Crippen molar-refractivity contribution >= 4 is 28.0 Å². The van der Waals surface area contributed by atoms with Crippen LogP contribution in [0.1, 0.15) is 11.1 Å². The number of primary amides is 1. The predicted octanol–water partition coefficient (Wildman–Crippen LogP) is -0.144. The molecule has 20 heavy (non-hydrogen) atoms. The number of aliphatic carboxylic acids is 1. The van der Waals surface area contributed by atoms with E-state index in [1.54, 1.807) is 19.1 Å². The van der Waals surface area contributed by atoms with Gasteiger partial charge in [-0.2, -0.15) is 0 Å². The lowest BCUT2D eigenvalue weighted by Gasteiger charge is -2.09. The number of benzene rings is 1. The lowest BCUT2D eigenvalue weighted by Crippen LogP contribution is -2.33. The molecular formula is C12H14N2O5S. The smallest absolute Gasteiger partial charge is 0.328 e.